The molecule has 22 heteroatoms. The molecule has 0 aromatic carbocycles. The van der Waals surface area contributed by atoms with Crippen molar-refractivity contribution in [2.24, 2.45) is 17.2 Å². The summed E-state index contributed by atoms with van der Waals surface area (Å²) in [6, 6.07) is -2.87. The lowest BCUT2D eigenvalue weighted by molar-refractivity contribution is -0.146. The van der Waals surface area contributed by atoms with E-state index in [1.165, 1.54) is 11.8 Å². The first-order chi connectivity index (χ1) is 25.7. The van der Waals surface area contributed by atoms with Crippen LogP contribution in [0.2, 0.25) is 0 Å². The summed E-state index contributed by atoms with van der Waals surface area (Å²) in [5.41, 5.74) is 16.4. The Morgan fingerprint density at radius 1 is 0.727 bits per heavy atom. The molecule has 55 heavy (non-hydrogen) atoms. The maximum absolute atomic E-state index is 12.0. The summed E-state index contributed by atoms with van der Waals surface area (Å²) in [6.07, 6.45) is 7.21. The summed E-state index contributed by atoms with van der Waals surface area (Å²) in [4.78, 5) is 106. The van der Waals surface area contributed by atoms with E-state index in [-0.39, 0.29) is 74.2 Å². The number of thioether (sulfide) groups is 2. The van der Waals surface area contributed by atoms with E-state index < -0.39 is 58.2 Å². The van der Waals surface area contributed by atoms with Gasteiger partial charge in [-0.2, -0.15) is 36.2 Å². The van der Waals surface area contributed by atoms with Gasteiger partial charge in [0.1, 0.15) is 18.1 Å². The third-order valence-corrected chi connectivity index (χ3v) is 8.93. The fraction of sp³-hybridized carbons (Fsp3) is 0.667. The van der Waals surface area contributed by atoms with Gasteiger partial charge in [0.2, 0.25) is 35.4 Å². The first kappa shape index (κ1) is 53.4. The Morgan fingerprint density at radius 3 is 1.47 bits per heavy atom. The predicted octanol–water partition coefficient (Wildman–Crippen LogP) is -2.20. The van der Waals surface area contributed by atoms with Crippen LogP contribution in [0.1, 0.15) is 54.4 Å². The van der Waals surface area contributed by atoms with Crippen LogP contribution in [0.3, 0.4) is 0 Å². The Kier molecular flexibility index (Phi) is 27.0. The molecule has 0 aliphatic carbocycles. The lowest BCUT2D eigenvalue weighted by Crippen LogP contribution is -2.54. The zero-order chi connectivity index (χ0) is 43.2. The van der Waals surface area contributed by atoms with Gasteiger partial charge in [0.15, 0.2) is 0 Å². The highest BCUT2D eigenvalue weighted by Crippen LogP contribution is 2.25. The van der Waals surface area contributed by atoms with Crippen molar-refractivity contribution in [1.82, 2.24) is 31.1 Å². The maximum Gasteiger partial charge on any atom is 0.305 e. The first-order valence-electron chi connectivity index (χ1n) is 17.2. The monoisotopic (exact) mass is 837 g/mol. The van der Waals surface area contributed by atoms with Gasteiger partial charge in [-0.3, -0.25) is 53.0 Å². The summed E-state index contributed by atoms with van der Waals surface area (Å²) in [6.45, 7) is 10.6. The third-order valence-electron chi connectivity index (χ3n) is 7.04. The van der Waals surface area contributed by atoms with E-state index in [1.54, 1.807) is 46.5 Å². The molecule has 0 bridgehead atoms. The average Bonchev–Trinajstić information content (AvgIpc) is 3.58. The number of hydrogen-bond acceptors (Lipinski definition) is 15. The van der Waals surface area contributed by atoms with Gasteiger partial charge in [0, 0.05) is 56.3 Å². The lowest BCUT2D eigenvalue weighted by Gasteiger charge is -2.25. The zero-order valence-electron chi connectivity index (χ0n) is 32.8. The van der Waals surface area contributed by atoms with E-state index in [0.29, 0.717) is 0 Å². The fourth-order valence-electron chi connectivity index (χ4n) is 4.60. The number of rotatable bonds is 17. The number of imide groups is 2. The number of nitrogens with two attached hydrogens (primary N) is 3. The molecule has 2 rings (SSSR count). The number of likely N-dealkylation sites (tertiary alicyclic amines) is 1. The minimum Gasteiger partial charge on any atom is -0.481 e. The molecule has 0 radical (unpaired) electrons. The lowest BCUT2D eigenvalue weighted by atomic mass is 10.2. The number of carboxylic acid groups (broad SMARTS) is 1. The Labute approximate surface area is 336 Å². The zero-order valence-corrected chi connectivity index (χ0v) is 35.3. The largest absolute Gasteiger partial charge is 0.481 e. The smallest absolute Gasteiger partial charge is 0.305 e. The molecule has 2 aliphatic rings. The van der Waals surface area contributed by atoms with Gasteiger partial charge < -0.3 is 43.6 Å². The minimum absolute atomic E-state index is 0.0432. The highest BCUT2D eigenvalue weighted by atomic mass is 32.2. The second kappa shape index (κ2) is 27.8. The summed E-state index contributed by atoms with van der Waals surface area (Å²) in [5.74, 6) is -4.37. The number of hydrogen-bond donors (Lipinski definition) is 9. The van der Waals surface area contributed by atoms with Crippen molar-refractivity contribution in [2.75, 3.05) is 38.4 Å². The van der Waals surface area contributed by atoms with Crippen LogP contribution in [0.15, 0.2) is 12.2 Å². The highest BCUT2D eigenvalue weighted by molar-refractivity contribution is 8.00. The van der Waals surface area contributed by atoms with Crippen LogP contribution < -0.4 is 38.5 Å². The fourth-order valence-corrected chi connectivity index (χ4v) is 5.81. The number of nitrogens with zero attached hydrogens (tertiary/aromatic N) is 2. The average molecular weight is 838 g/mol. The number of aliphatic carboxylic acids is 1. The van der Waals surface area contributed by atoms with Crippen molar-refractivity contribution in [2.45, 2.75) is 101 Å². The molecule has 19 nitrogen and oxygen atoms in total. The Hall–Kier alpha value is -3.70. The number of thiol groups is 1. The molecule has 5 atom stereocenters. The van der Waals surface area contributed by atoms with Crippen molar-refractivity contribution in [3.05, 3.63) is 12.2 Å². The molecule has 5 unspecified atom stereocenters. The topological polar surface area (TPSA) is 307 Å². The summed E-state index contributed by atoms with van der Waals surface area (Å²) in [5, 5.41) is 18.0. The van der Waals surface area contributed by atoms with Crippen LogP contribution >= 0.6 is 36.2 Å². The maximum atomic E-state index is 12.0. The Morgan fingerprint density at radius 2 is 1.15 bits per heavy atom. The molecule has 0 saturated carbocycles. The Balaban J connectivity index is 0. The van der Waals surface area contributed by atoms with Gasteiger partial charge >= 0.3 is 5.97 Å². The minimum atomic E-state index is -1.06. The second-order valence-electron chi connectivity index (χ2n) is 12.5. The molecule has 0 spiro atoms. The summed E-state index contributed by atoms with van der Waals surface area (Å²) in [7, 11) is 0. The summed E-state index contributed by atoms with van der Waals surface area (Å²) < 4.78 is 0. The SMILES string of the molecule is CC(C)NC(=O)C(CN)N1C(=O)C=CC1=O.CS.CSC(CC(=O)O)C(=O)NC(CN)C(=O)NC(C)C.CSC1CC(=O)N(C(CN)C(=O)NC(C)C)C1=O. The van der Waals surface area contributed by atoms with Gasteiger partial charge in [0.25, 0.3) is 11.8 Å². The van der Waals surface area contributed by atoms with E-state index in [9.17, 15) is 43.2 Å². The van der Waals surface area contributed by atoms with Crippen molar-refractivity contribution < 1.29 is 48.3 Å². The van der Waals surface area contributed by atoms with Crippen LogP contribution in [0.4, 0.5) is 0 Å². The molecule has 1 saturated heterocycles. The molecule has 8 amide bonds. The van der Waals surface area contributed by atoms with E-state index >= 15 is 0 Å². The van der Waals surface area contributed by atoms with Crippen molar-refractivity contribution in [1.29, 1.82) is 0 Å². The molecule has 1 fully saturated rings. The number of nitrogens with one attached hydrogen (secondary N) is 4. The molecule has 0 aromatic rings. The molecule has 11 N–H and O–H groups in total. The normalized spacial score (nSPS) is 16.9. The summed E-state index contributed by atoms with van der Waals surface area (Å²) >= 11 is 5.96. The second-order valence-corrected chi connectivity index (χ2v) is 14.6. The number of amides is 8. The van der Waals surface area contributed by atoms with Gasteiger partial charge in [-0.05, 0) is 60.3 Å². The quantitative estimate of drug-likeness (QED) is 0.0555. The van der Waals surface area contributed by atoms with E-state index in [4.69, 9.17) is 22.3 Å². The highest BCUT2D eigenvalue weighted by Gasteiger charge is 2.44. The van der Waals surface area contributed by atoms with E-state index in [2.05, 4.69) is 33.9 Å². The molecule has 2 heterocycles. The van der Waals surface area contributed by atoms with Gasteiger partial charge in [0.05, 0.1) is 16.9 Å². The van der Waals surface area contributed by atoms with Gasteiger partial charge in [-0.1, -0.05) is 0 Å². The molecule has 314 valence electrons. The first-order valence-corrected chi connectivity index (χ1v) is 20.6. The molecule has 0 aromatic heterocycles. The van der Waals surface area contributed by atoms with Crippen LogP contribution in [0, 0.1) is 0 Å². The van der Waals surface area contributed by atoms with Gasteiger partial charge in [-0.15, -0.1) is 0 Å². The van der Waals surface area contributed by atoms with Gasteiger partial charge in [-0.25, -0.2) is 0 Å². The number of carbonyl (C=O) groups is 9. The predicted molar refractivity (Wildman–Crippen MR) is 216 cm³/mol. The number of carboxylic acids is 1. The van der Waals surface area contributed by atoms with Crippen molar-refractivity contribution in [3.8, 4) is 0 Å². The molecular weight excluding hydrogens is 779 g/mol. The molecule has 2 aliphatic heterocycles. The third kappa shape index (κ3) is 18.7. The van der Waals surface area contributed by atoms with Crippen molar-refractivity contribution >= 4 is 89.4 Å². The number of carbonyl (C=O) groups excluding carboxylic acids is 8. The Bertz CT molecular complexity index is 1350. The van der Waals surface area contributed by atoms with Crippen LogP contribution in [-0.2, 0) is 43.2 Å². The standard InChI is InChI=1S/C11H21N3O4S.C11H19N3O3S.C10H15N3O3.CH4S/c1-6(2)13-10(17)7(5-12)14-11(18)8(19-3)4-9(15)16;1-6(2)13-10(16)7(5-12)14-9(15)4-8(18-3)11(14)17;1-6(2)12-10(16)7(5-11)13-8(14)3-4-9(13)15;1-2/h6-8H,4-5,12H2,1-3H3,(H,13,17)(H,14,18)(H,15,16);6-8H,4-5,12H2,1-3H3,(H,13,16);3-4,6-7H,5,11H2,1-2H3,(H,12,16);2H,1H3. The van der Waals surface area contributed by atoms with Crippen LogP contribution in [0.5, 0.6) is 0 Å². The van der Waals surface area contributed by atoms with Crippen LogP contribution in [-0.4, -0.2) is 153 Å². The molecular formula is C33H59N9O10S3. The van der Waals surface area contributed by atoms with E-state index in [0.717, 1.165) is 33.7 Å². The van der Waals surface area contributed by atoms with Crippen molar-refractivity contribution in [3.63, 3.8) is 0 Å². The van der Waals surface area contributed by atoms with Crippen LogP contribution in [0.25, 0.3) is 0 Å². The van der Waals surface area contributed by atoms with E-state index in [1.807, 2.05) is 13.8 Å².